The molecule has 1 fully saturated rings. The highest BCUT2D eigenvalue weighted by molar-refractivity contribution is 5.68. The highest BCUT2D eigenvalue weighted by Crippen LogP contribution is 2.37. The molecular weight excluding hydrogens is 502 g/mol. The van der Waals surface area contributed by atoms with E-state index in [1.807, 2.05) is 42.3 Å². The molecule has 0 aliphatic carbocycles. The summed E-state index contributed by atoms with van der Waals surface area (Å²) in [6, 6.07) is 14.9. The molecule has 1 unspecified atom stereocenters. The molecule has 0 amide bonds. The van der Waals surface area contributed by atoms with Gasteiger partial charge in [0, 0.05) is 58.3 Å². The van der Waals surface area contributed by atoms with E-state index in [-0.39, 0.29) is 18.5 Å². The SMILES string of the molecule is COc1cc(C(CC=O)N2CCN(Cc3ccc4c(c3)OCO4)CC2)ccc1N(C)c1ccc([N+](=O)[O-])cn1. The van der Waals surface area contributed by atoms with Gasteiger partial charge < -0.3 is 23.9 Å². The zero-order valence-electron chi connectivity index (χ0n) is 22.0. The lowest BCUT2D eigenvalue weighted by atomic mass is 10.00. The molecule has 39 heavy (non-hydrogen) atoms. The second kappa shape index (κ2) is 11.7. The summed E-state index contributed by atoms with van der Waals surface area (Å²) in [7, 11) is 3.43. The number of pyridine rings is 1. The fourth-order valence-electron chi connectivity index (χ4n) is 5.10. The highest BCUT2D eigenvalue weighted by atomic mass is 16.7. The molecule has 11 nitrogen and oxygen atoms in total. The lowest BCUT2D eigenvalue weighted by Gasteiger charge is -2.39. The van der Waals surface area contributed by atoms with Crippen molar-refractivity contribution in [3.8, 4) is 17.2 Å². The molecule has 2 aliphatic heterocycles. The zero-order valence-corrected chi connectivity index (χ0v) is 22.0. The van der Waals surface area contributed by atoms with Crippen LogP contribution < -0.4 is 19.1 Å². The number of aldehydes is 1. The molecule has 3 heterocycles. The minimum atomic E-state index is -0.476. The lowest BCUT2D eigenvalue weighted by Crippen LogP contribution is -2.47. The molecule has 2 aromatic carbocycles. The van der Waals surface area contributed by atoms with Gasteiger partial charge in [-0.2, -0.15) is 0 Å². The maximum Gasteiger partial charge on any atom is 0.287 e. The molecule has 1 saturated heterocycles. The van der Waals surface area contributed by atoms with Crippen molar-refractivity contribution in [1.82, 2.24) is 14.8 Å². The fraction of sp³-hybridized carbons (Fsp3) is 0.357. The van der Waals surface area contributed by atoms with Crippen molar-refractivity contribution in [3.63, 3.8) is 0 Å². The molecule has 0 N–H and O–H groups in total. The Bertz CT molecular complexity index is 1330. The van der Waals surface area contributed by atoms with E-state index in [2.05, 4.69) is 20.9 Å². The topological polar surface area (TPSA) is 111 Å². The number of carbonyl (C=O) groups excluding carboxylic acids is 1. The van der Waals surface area contributed by atoms with Gasteiger partial charge in [0.1, 0.15) is 24.1 Å². The summed E-state index contributed by atoms with van der Waals surface area (Å²) in [6.45, 7) is 4.53. The van der Waals surface area contributed by atoms with Crippen LogP contribution in [0.5, 0.6) is 17.2 Å². The molecule has 0 radical (unpaired) electrons. The van der Waals surface area contributed by atoms with Gasteiger partial charge in [-0.1, -0.05) is 12.1 Å². The quantitative estimate of drug-likeness (QED) is 0.216. The van der Waals surface area contributed by atoms with Gasteiger partial charge in [-0.25, -0.2) is 4.98 Å². The predicted octanol–water partition coefficient (Wildman–Crippen LogP) is 3.94. The first-order valence-corrected chi connectivity index (χ1v) is 12.8. The van der Waals surface area contributed by atoms with Crippen LogP contribution in [0.3, 0.4) is 0 Å². The Hall–Kier alpha value is -4.22. The van der Waals surface area contributed by atoms with Crippen molar-refractivity contribution in [3.05, 3.63) is 76.0 Å². The summed E-state index contributed by atoms with van der Waals surface area (Å²) in [5, 5.41) is 11.0. The number of nitrogens with zero attached hydrogens (tertiary/aromatic N) is 5. The van der Waals surface area contributed by atoms with Crippen LogP contribution in [0.15, 0.2) is 54.7 Å². The maximum atomic E-state index is 11.7. The second-order valence-corrected chi connectivity index (χ2v) is 9.54. The molecule has 0 spiro atoms. The van der Waals surface area contributed by atoms with Crippen LogP contribution in [0.2, 0.25) is 0 Å². The highest BCUT2D eigenvalue weighted by Gasteiger charge is 2.26. The van der Waals surface area contributed by atoms with Crippen molar-refractivity contribution < 1.29 is 23.9 Å². The van der Waals surface area contributed by atoms with Crippen LogP contribution >= 0.6 is 0 Å². The molecule has 1 aromatic heterocycles. The van der Waals surface area contributed by atoms with E-state index in [9.17, 15) is 14.9 Å². The second-order valence-electron chi connectivity index (χ2n) is 9.54. The normalized spacial score (nSPS) is 16.1. The Kier molecular flexibility index (Phi) is 7.89. The first-order valence-electron chi connectivity index (χ1n) is 12.8. The molecule has 0 bridgehead atoms. The van der Waals surface area contributed by atoms with Gasteiger partial charge in [0.15, 0.2) is 11.5 Å². The lowest BCUT2D eigenvalue weighted by molar-refractivity contribution is -0.385. The van der Waals surface area contributed by atoms with Crippen LogP contribution in [0.25, 0.3) is 0 Å². The van der Waals surface area contributed by atoms with Gasteiger partial charge >= 0.3 is 0 Å². The van der Waals surface area contributed by atoms with Gasteiger partial charge in [-0.3, -0.25) is 19.9 Å². The first kappa shape index (κ1) is 26.4. The average Bonchev–Trinajstić information content (AvgIpc) is 3.44. The minimum Gasteiger partial charge on any atom is -0.495 e. The number of piperazine rings is 1. The number of carbonyl (C=O) groups is 1. The van der Waals surface area contributed by atoms with Crippen LogP contribution in [0.4, 0.5) is 17.2 Å². The average molecular weight is 534 g/mol. The van der Waals surface area contributed by atoms with E-state index >= 15 is 0 Å². The largest absolute Gasteiger partial charge is 0.495 e. The third-order valence-electron chi connectivity index (χ3n) is 7.25. The molecule has 0 saturated carbocycles. The molecule has 5 rings (SSSR count). The number of fused-ring (bicyclic) bond motifs is 1. The van der Waals surface area contributed by atoms with Crippen molar-refractivity contribution in [2.75, 3.05) is 52.0 Å². The monoisotopic (exact) mass is 533 g/mol. The molecule has 3 aromatic rings. The zero-order chi connectivity index (χ0) is 27.4. The Morgan fingerprint density at radius 2 is 1.90 bits per heavy atom. The summed E-state index contributed by atoms with van der Waals surface area (Å²) < 4.78 is 16.6. The van der Waals surface area contributed by atoms with E-state index in [1.54, 1.807) is 13.2 Å². The van der Waals surface area contributed by atoms with Crippen LogP contribution in [-0.2, 0) is 11.3 Å². The van der Waals surface area contributed by atoms with E-state index in [0.29, 0.717) is 18.0 Å². The number of anilines is 2. The van der Waals surface area contributed by atoms with Crippen molar-refractivity contribution >= 4 is 23.5 Å². The van der Waals surface area contributed by atoms with E-state index in [4.69, 9.17) is 14.2 Å². The Morgan fingerprint density at radius 1 is 1.10 bits per heavy atom. The van der Waals surface area contributed by atoms with E-state index in [0.717, 1.165) is 61.8 Å². The fourth-order valence-corrected chi connectivity index (χ4v) is 5.10. The third-order valence-corrected chi connectivity index (χ3v) is 7.25. The van der Waals surface area contributed by atoms with Crippen LogP contribution in [-0.4, -0.2) is 73.1 Å². The van der Waals surface area contributed by atoms with Gasteiger partial charge in [0.25, 0.3) is 5.69 Å². The maximum absolute atomic E-state index is 11.7. The summed E-state index contributed by atoms with van der Waals surface area (Å²) in [6.07, 6.45) is 2.58. The van der Waals surface area contributed by atoms with E-state index < -0.39 is 4.92 Å². The van der Waals surface area contributed by atoms with Crippen LogP contribution in [0, 0.1) is 10.1 Å². The summed E-state index contributed by atoms with van der Waals surface area (Å²) >= 11 is 0. The Balaban J connectivity index is 1.27. The standard InChI is InChI=1S/C28H31N5O6/c1-30(28-8-5-22(17-29-28)33(35)36)24-6-4-21(16-26(24)37-2)23(9-14-34)32-12-10-31(11-13-32)18-20-3-7-25-27(15-20)39-19-38-25/h3-8,14-17,23H,9-13,18-19H2,1-2H3. The Labute approximate surface area is 226 Å². The van der Waals surface area contributed by atoms with Gasteiger partial charge in [-0.15, -0.1) is 0 Å². The van der Waals surface area contributed by atoms with Crippen molar-refractivity contribution in [1.29, 1.82) is 0 Å². The number of benzene rings is 2. The van der Waals surface area contributed by atoms with Crippen molar-refractivity contribution in [2.45, 2.75) is 19.0 Å². The number of nitro groups is 1. The van der Waals surface area contributed by atoms with E-state index in [1.165, 1.54) is 17.8 Å². The van der Waals surface area contributed by atoms with Gasteiger partial charge in [0.2, 0.25) is 6.79 Å². The molecule has 1 atom stereocenters. The van der Waals surface area contributed by atoms with Gasteiger partial charge in [0.05, 0.1) is 17.7 Å². The predicted molar refractivity (Wildman–Crippen MR) is 145 cm³/mol. The van der Waals surface area contributed by atoms with Crippen LogP contribution in [0.1, 0.15) is 23.6 Å². The summed E-state index contributed by atoms with van der Waals surface area (Å²) in [5.74, 6) is 2.77. The molecular formula is C28H31N5O6. The smallest absolute Gasteiger partial charge is 0.287 e. The first-order chi connectivity index (χ1) is 19.0. The van der Waals surface area contributed by atoms with Crippen molar-refractivity contribution in [2.24, 2.45) is 0 Å². The Morgan fingerprint density at radius 3 is 2.59 bits per heavy atom. The third kappa shape index (κ3) is 5.79. The molecule has 11 heteroatoms. The number of ether oxygens (including phenoxy) is 3. The number of hydrogen-bond donors (Lipinski definition) is 0. The number of methoxy groups -OCH3 is 1. The number of aromatic nitrogens is 1. The molecule has 2 aliphatic rings. The van der Waals surface area contributed by atoms with Gasteiger partial charge in [-0.05, 0) is 41.5 Å². The minimum absolute atomic E-state index is 0.0674. The molecule has 204 valence electrons. The summed E-state index contributed by atoms with van der Waals surface area (Å²) in [4.78, 5) is 32.9. The summed E-state index contributed by atoms with van der Waals surface area (Å²) in [5.41, 5.74) is 2.88. The number of hydrogen-bond acceptors (Lipinski definition) is 10. The number of rotatable bonds is 10.